The van der Waals surface area contributed by atoms with Crippen LogP contribution in [0.25, 0.3) is 6.08 Å². The summed E-state index contributed by atoms with van der Waals surface area (Å²) in [4.78, 5) is 39.8. The van der Waals surface area contributed by atoms with Crippen molar-refractivity contribution in [1.82, 2.24) is 0 Å². The molecule has 0 aliphatic carbocycles. The van der Waals surface area contributed by atoms with Crippen LogP contribution in [0.4, 0.5) is 11.4 Å². The Morgan fingerprint density at radius 1 is 0.973 bits per heavy atom. The van der Waals surface area contributed by atoms with Crippen LogP contribution in [0.1, 0.15) is 19.4 Å². The first-order valence-electron chi connectivity index (χ1n) is 11.6. The molecule has 1 heterocycles. The van der Waals surface area contributed by atoms with E-state index in [4.69, 9.17) is 21.1 Å². The van der Waals surface area contributed by atoms with E-state index in [0.717, 1.165) is 0 Å². The maximum Gasteiger partial charge on any atom is 0.340 e. The van der Waals surface area contributed by atoms with Gasteiger partial charge in [0, 0.05) is 22.1 Å². The summed E-state index contributed by atoms with van der Waals surface area (Å²) in [7, 11) is 0. The fourth-order valence-electron chi connectivity index (χ4n) is 3.88. The quantitative estimate of drug-likeness (QED) is 0.310. The van der Waals surface area contributed by atoms with Gasteiger partial charge in [-0.1, -0.05) is 41.9 Å². The van der Waals surface area contributed by atoms with Crippen LogP contribution in [0.15, 0.2) is 95.7 Å². The number of benzene rings is 3. The Bertz CT molecular complexity index is 1360. The number of halogens is 1. The summed E-state index contributed by atoms with van der Waals surface area (Å²) >= 11 is 6.00. The van der Waals surface area contributed by atoms with Gasteiger partial charge in [-0.25, -0.2) is 4.79 Å². The predicted molar refractivity (Wildman–Crippen MR) is 143 cm³/mol. The molecule has 3 aromatic rings. The Morgan fingerprint density at radius 3 is 2.30 bits per heavy atom. The molecule has 4 rings (SSSR count). The average molecular weight is 517 g/mol. The van der Waals surface area contributed by atoms with Gasteiger partial charge in [-0.05, 0) is 74.0 Å². The van der Waals surface area contributed by atoms with E-state index >= 15 is 0 Å². The molecule has 0 radical (unpaired) electrons. The monoisotopic (exact) mass is 516 g/mol. The number of rotatable bonds is 8. The first-order chi connectivity index (χ1) is 17.9. The van der Waals surface area contributed by atoms with Crippen molar-refractivity contribution in [3.8, 4) is 5.75 Å². The van der Waals surface area contributed by atoms with Crippen LogP contribution < -0.4 is 15.0 Å². The lowest BCUT2D eigenvalue weighted by Gasteiger charge is -2.18. The van der Waals surface area contributed by atoms with Crippen molar-refractivity contribution in [2.45, 2.75) is 13.8 Å². The summed E-state index contributed by atoms with van der Waals surface area (Å²) < 4.78 is 10.8. The molecule has 37 heavy (non-hydrogen) atoms. The Morgan fingerprint density at radius 2 is 1.65 bits per heavy atom. The summed E-state index contributed by atoms with van der Waals surface area (Å²) in [6, 6.07) is 22.8. The standard InChI is InChI=1S/C29H25ClN2O5/c1-3-36-29(35)27-19(2)32(23-13-11-21(30)12-14-23)28(34)25(27)17-20-9-15-24(16-10-20)37-18-26(33)31-22-7-5-4-6-8-22/h4-17H,3,18H2,1-2H3,(H,31,33)/b25-17-. The van der Waals surface area contributed by atoms with Gasteiger partial charge in [-0.2, -0.15) is 0 Å². The smallest absolute Gasteiger partial charge is 0.340 e. The largest absolute Gasteiger partial charge is 0.484 e. The van der Waals surface area contributed by atoms with Gasteiger partial charge in [0.15, 0.2) is 6.61 Å². The van der Waals surface area contributed by atoms with E-state index in [1.807, 2.05) is 18.2 Å². The lowest BCUT2D eigenvalue weighted by atomic mass is 10.0. The Kier molecular flexibility index (Phi) is 8.05. The van der Waals surface area contributed by atoms with Gasteiger partial charge in [0.05, 0.1) is 17.8 Å². The third kappa shape index (κ3) is 6.08. The number of para-hydroxylation sites is 1. The molecule has 1 aliphatic heterocycles. The second-order valence-corrected chi connectivity index (χ2v) is 8.56. The van der Waals surface area contributed by atoms with E-state index in [9.17, 15) is 14.4 Å². The normalized spacial score (nSPS) is 14.2. The van der Waals surface area contributed by atoms with Crippen molar-refractivity contribution in [3.63, 3.8) is 0 Å². The van der Waals surface area contributed by atoms with Gasteiger partial charge in [0.25, 0.3) is 11.8 Å². The van der Waals surface area contributed by atoms with Crippen molar-refractivity contribution in [2.75, 3.05) is 23.4 Å². The highest BCUT2D eigenvalue weighted by molar-refractivity contribution is 6.30. The predicted octanol–water partition coefficient (Wildman–Crippen LogP) is 5.62. The van der Waals surface area contributed by atoms with Crippen molar-refractivity contribution in [1.29, 1.82) is 0 Å². The lowest BCUT2D eigenvalue weighted by Crippen LogP contribution is -2.24. The zero-order valence-electron chi connectivity index (χ0n) is 20.4. The summed E-state index contributed by atoms with van der Waals surface area (Å²) in [5, 5.41) is 3.30. The van der Waals surface area contributed by atoms with Gasteiger partial charge in [0.2, 0.25) is 0 Å². The van der Waals surface area contributed by atoms with Crippen molar-refractivity contribution in [3.05, 3.63) is 106 Å². The number of hydrogen-bond acceptors (Lipinski definition) is 5. The fraction of sp³-hybridized carbons (Fsp3) is 0.138. The molecule has 0 unspecified atom stereocenters. The highest BCUT2D eigenvalue weighted by atomic mass is 35.5. The molecule has 0 fully saturated rings. The highest BCUT2D eigenvalue weighted by Crippen LogP contribution is 2.36. The molecule has 0 aromatic heterocycles. The minimum Gasteiger partial charge on any atom is -0.484 e. The van der Waals surface area contributed by atoms with Crippen LogP contribution in [0.5, 0.6) is 5.75 Å². The molecule has 8 heteroatoms. The number of esters is 1. The van der Waals surface area contributed by atoms with Crippen LogP contribution >= 0.6 is 11.6 Å². The van der Waals surface area contributed by atoms with Crippen molar-refractivity contribution >= 4 is 46.8 Å². The molecule has 0 spiro atoms. The van der Waals surface area contributed by atoms with Gasteiger partial charge in [-0.15, -0.1) is 0 Å². The summed E-state index contributed by atoms with van der Waals surface area (Å²) in [6.07, 6.45) is 1.64. The Balaban J connectivity index is 1.52. The van der Waals surface area contributed by atoms with Gasteiger partial charge in [-0.3, -0.25) is 14.5 Å². The van der Waals surface area contributed by atoms with E-state index in [2.05, 4.69) is 5.32 Å². The number of ether oxygens (including phenoxy) is 2. The number of allylic oxidation sites excluding steroid dienone is 1. The molecule has 3 aromatic carbocycles. The maximum atomic E-state index is 13.4. The van der Waals surface area contributed by atoms with Crippen LogP contribution in [-0.4, -0.2) is 31.0 Å². The van der Waals surface area contributed by atoms with Crippen molar-refractivity contribution < 1.29 is 23.9 Å². The molecule has 0 bridgehead atoms. The molecular weight excluding hydrogens is 492 g/mol. The van der Waals surface area contributed by atoms with E-state index in [-0.39, 0.29) is 36.2 Å². The average Bonchev–Trinajstić information content (AvgIpc) is 3.14. The molecule has 0 saturated heterocycles. The lowest BCUT2D eigenvalue weighted by molar-refractivity contribution is -0.138. The number of nitrogens with one attached hydrogen (secondary N) is 1. The second kappa shape index (κ2) is 11.6. The van der Waals surface area contributed by atoms with E-state index in [1.54, 1.807) is 80.6 Å². The SMILES string of the molecule is CCOC(=O)C1=C(C)N(c2ccc(Cl)cc2)C(=O)/C1=C\c1ccc(OCC(=O)Nc2ccccc2)cc1. The summed E-state index contributed by atoms with van der Waals surface area (Å²) in [5.41, 5.74) is 2.86. The molecule has 7 nitrogen and oxygen atoms in total. The molecule has 188 valence electrons. The molecule has 2 amide bonds. The summed E-state index contributed by atoms with van der Waals surface area (Å²) in [6.45, 7) is 3.45. The number of carbonyl (C=O) groups excluding carboxylic acids is 3. The number of nitrogens with zero attached hydrogens (tertiary/aromatic N) is 1. The van der Waals surface area contributed by atoms with Gasteiger partial charge < -0.3 is 14.8 Å². The molecule has 1 N–H and O–H groups in total. The molecule has 0 saturated carbocycles. The second-order valence-electron chi connectivity index (χ2n) is 8.13. The van der Waals surface area contributed by atoms with Crippen LogP contribution in [0, 0.1) is 0 Å². The van der Waals surface area contributed by atoms with E-state index < -0.39 is 5.97 Å². The minimum absolute atomic E-state index is 0.154. The Hall–Kier alpha value is -4.36. The van der Waals surface area contributed by atoms with Crippen molar-refractivity contribution in [2.24, 2.45) is 0 Å². The summed E-state index contributed by atoms with van der Waals surface area (Å²) in [5.74, 6) is -0.708. The minimum atomic E-state index is -0.569. The van der Waals surface area contributed by atoms with Crippen LogP contribution in [0.2, 0.25) is 5.02 Å². The zero-order chi connectivity index (χ0) is 26.4. The van der Waals surface area contributed by atoms with Gasteiger partial charge >= 0.3 is 5.97 Å². The maximum absolute atomic E-state index is 13.4. The molecular formula is C29H25ClN2O5. The Labute approximate surface area is 219 Å². The molecule has 1 aliphatic rings. The first-order valence-corrected chi connectivity index (χ1v) is 12.0. The molecule has 0 atom stereocenters. The third-order valence-corrected chi connectivity index (χ3v) is 5.83. The van der Waals surface area contributed by atoms with Crippen LogP contribution in [-0.2, 0) is 19.1 Å². The zero-order valence-corrected chi connectivity index (χ0v) is 21.1. The third-order valence-electron chi connectivity index (χ3n) is 5.58. The first kappa shape index (κ1) is 25.7. The van der Waals surface area contributed by atoms with E-state index in [0.29, 0.717) is 33.4 Å². The van der Waals surface area contributed by atoms with Crippen LogP contribution in [0.3, 0.4) is 0 Å². The highest BCUT2D eigenvalue weighted by Gasteiger charge is 2.38. The number of amides is 2. The van der Waals surface area contributed by atoms with Gasteiger partial charge in [0.1, 0.15) is 5.75 Å². The topological polar surface area (TPSA) is 84.9 Å². The fourth-order valence-corrected chi connectivity index (χ4v) is 4.00. The van der Waals surface area contributed by atoms with E-state index in [1.165, 1.54) is 4.90 Å². The number of carbonyl (C=O) groups is 3. The number of anilines is 2. The number of hydrogen-bond donors (Lipinski definition) is 1.